The molecule has 0 aliphatic carbocycles. The summed E-state index contributed by atoms with van der Waals surface area (Å²) in [6.45, 7) is 5.38. The van der Waals surface area contributed by atoms with Crippen LogP contribution in [-0.2, 0) is 13.0 Å². The molecule has 0 atom stereocenters. The summed E-state index contributed by atoms with van der Waals surface area (Å²) in [5.41, 5.74) is 7.98. The fraction of sp³-hybridized carbons (Fsp3) is 0.429. The van der Waals surface area contributed by atoms with Gasteiger partial charge in [0.2, 0.25) is 0 Å². The van der Waals surface area contributed by atoms with Crippen molar-refractivity contribution in [3.8, 4) is 5.75 Å². The number of hydrogen-bond donors (Lipinski definition) is 1. The van der Waals surface area contributed by atoms with Crippen LogP contribution in [0.25, 0.3) is 0 Å². The third-order valence-corrected chi connectivity index (χ3v) is 2.92. The van der Waals surface area contributed by atoms with Crippen molar-refractivity contribution in [1.82, 2.24) is 15.0 Å². The van der Waals surface area contributed by atoms with Gasteiger partial charge in [-0.05, 0) is 31.0 Å². The Labute approximate surface area is 113 Å². The highest BCUT2D eigenvalue weighted by Gasteiger charge is 2.08. The van der Waals surface area contributed by atoms with Crippen LogP contribution in [0.5, 0.6) is 5.75 Å². The minimum Gasteiger partial charge on any atom is -0.492 e. The average molecular weight is 260 g/mol. The molecule has 5 nitrogen and oxygen atoms in total. The van der Waals surface area contributed by atoms with Crippen molar-refractivity contribution in [3.63, 3.8) is 0 Å². The zero-order valence-corrected chi connectivity index (χ0v) is 11.5. The summed E-state index contributed by atoms with van der Waals surface area (Å²) >= 11 is 0. The summed E-state index contributed by atoms with van der Waals surface area (Å²) in [4.78, 5) is 0. The first kappa shape index (κ1) is 13.4. The van der Waals surface area contributed by atoms with E-state index in [9.17, 15) is 0 Å². The van der Waals surface area contributed by atoms with Crippen molar-refractivity contribution >= 4 is 5.82 Å². The monoisotopic (exact) mass is 260 g/mol. The number of ether oxygens (including phenoxy) is 1. The molecule has 1 aromatic heterocycles. The van der Waals surface area contributed by atoms with Crippen molar-refractivity contribution in [2.45, 2.75) is 33.2 Å². The molecule has 2 aromatic rings. The Hall–Kier alpha value is -2.04. The van der Waals surface area contributed by atoms with Gasteiger partial charge in [-0.2, -0.15) is 0 Å². The first-order chi connectivity index (χ1) is 9.20. The van der Waals surface area contributed by atoms with Crippen molar-refractivity contribution in [2.24, 2.45) is 0 Å². The number of nitrogen functional groups attached to an aromatic ring is 1. The molecule has 1 heterocycles. The van der Waals surface area contributed by atoms with Crippen LogP contribution in [0.4, 0.5) is 5.82 Å². The summed E-state index contributed by atoms with van der Waals surface area (Å²) in [6.07, 6.45) is 1.92. The van der Waals surface area contributed by atoms with E-state index >= 15 is 0 Å². The molecule has 0 bridgehead atoms. The fourth-order valence-electron chi connectivity index (χ4n) is 1.97. The van der Waals surface area contributed by atoms with Gasteiger partial charge in [-0.15, -0.1) is 5.10 Å². The van der Waals surface area contributed by atoms with E-state index < -0.39 is 0 Å². The van der Waals surface area contributed by atoms with Crippen LogP contribution in [0.3, 0.4) is 0 Å². The maximum atomic E-state index is 5.79. The largest absolute Gasteiger partial charge is 0.492 e. The van der Waals surface area contributed by atoms with E-state index in [0.717, 1.165) is 24.3 Å². The van der Waals surface area contributed by atoms with Crippen LogP contribution in [0, 0.1) is 6.92 Å². The molecule has 0 saturated carbocycles. The molecule has 0 radical (unpaired) electrons. The number of rotatable bonds is 6. The van der Waals surface area contributed by atoms with Crippen molar-refractivity contribution < 1.29 is 4.74 Å². The normalized spacial score (nSPS) is 10.6. The molecule has 102 valence electrons. The second-order valence-corrected chi connectivity index (χ2v) is 4.56. The van der Waals surface area contributed by atoms with Gasteiger partial charge in [-0.3, -0.25) is 0 Å². The summed E-state index contributed by atoms with van der Waals surface area (Å²) < 4.78 is 7.53. The summed E-state index contributed by atoms with van der Waals surface area (Å²) in [5.74, 6) is 1.41. The smallest absolute Gasteiger partial charge is 0.169 e. The number of hydrogen-bond acceptors (Lipinski definition) is 4. The zero-order valence-electron chi connectivity index (χ0n) is 11.5. The molecule has 19 heavy (non-hydrogen) atoms. The quantitative estimate of drug-likeness (QED) is 0.864. The molecule has 0 amide bonds. The summed E-state index contributed by atoms with van der Waals surface area (Å²) in [7, 11) is 0. The average Bonchev–Trinajstić information content (AvgIpc) is 2.72. The zero-order chi connectivity index (χ0) is 13.7. The molecule has 2 rings (SSSR count). The SMILES string of the molecule is CCCc1c(N)nnn1CCOc1cccc(C)c1. The van der Waals surface area contributed by atoms with Crippen molar-refractivity contribution in [1.29, 1.82) is 0 Å². The minimum atomic E-state index is 0.525. The van der Waals surface area contributed by atoms with E-state index in [1.807, 2.05) is 35.9 Å². The number of aromatic nitrogens is 3. The Kier molecular flexibility index (Phi) is 4.39. The molecule has 0 fully saturated rings. The van der Waals surface area contributed by atoms with Crippen LogP contribution in [0.1, 0.15) is 24.6 Å². The Morgan fingerprint density at radius 1 is 1.37 bits per heavy atom. The highest BCUT2D eigenvalue weighted by molar-refractivity contribution is 5.32. The number of nitrogens with two attached hydrogens (primary N) is 1. The minimum absolute atomic E-state index is 0.525. The molecular weight excluding hydrogens is 240 g/mol. The third kappa shape index (κ3) is 3.47. The van der Waals surface area contributed by atoms with E-state index in [-0.39, 0.29) is 0 Å². The van der Waals surface area contributed by atoms with E-state index in [2.05, 4.69) is 17.2 Å². The van der Waals surface area contributed by atoms with Gasteiger partial charge < -0.3 is 10.5 Å². The van der Waals surface area contributed by atoms with Gasteiger partial charge in [0.15, 0.2) is 5.82 Å². The number of aryl methyl sites for hydroxylation is 1. The van der Waals surface area contributed by atoms with Crippen LogP contribution in [-0.4, -0.2) is 21.6 Å². The Morgan fingerprint density at radius 2 is 2.21 bits per heavy atom. The summed E-state index contributed by atoms with van der Waals surface area (Å²) in [5, 5.41) is 7.95. The number of anilines is 1. The maximum Gasteiger partial charge on any atom is 0.169 e. The molecule has 0 aliphatic rings. The van der Waals surface area contributed by atoms with E-state index in [0.29, 0.717) is 19.0 Å². The van der Waals surface area contributed by atoms with E-state index in [1.54, 1.807) is 0 Å². The first-order valence-corrected chi connectivity index (χ1v) is 6.58. The van der Waals surface area contributed by atoms with Crippen LogP contribution >= 0.6 is 0 Å². The lowest BCUT2D eigenvalue weighted by Crippen LogP contribution is -2.12. The Bertz CT molecular complexity index is 536. The molecule has 5 heteroatoms. The van der Waals surface area contributed by atoms with E-state index in [1.165, 1.54) is 5.56 Å². The molecular formula is C14H20N4O. The van der Waals surface area contributed by atoms with E-state index in [4.69, 9.17) is 10.5 Å². The molecule has 2 N–H and O–H groups in total. The molecule has 0 spiro atoms. The molecule has 0 saturated heterocycles. The maximum absolute atomic E-state index is 5.79. The lowest BCUT2D eigenvalue weighted by Gasteiger charge is -2.08. The summed E-state index contributed by atoms with van der Waals surface area (Å²) in [6, 6.07) is 8.00. The lowest BCUT2D eigenvalue weighted by molar-refractivity contribution is 0.287. The van der Waals surface area contributed by atoms with Crippen LogP contribution in [0.2, 0.25) is 0 Å². The Balaban J connectivity index is 1.92. The predicted molar refractivity (Wildman–Crippen MR) is 75.1 cm³/mol. The third-order valence-electron chi connectivity index (χ3n) is 2.92. The predicted octanol–water partition coefficient (Wildman–Crippen LogP) is 2.20. The molecule has 0 unspecified atom stereocenters. The van der Waals surface area contributed by atoms with Gasteiger partial charge in [0, 0.05) is 0 Å². The van der Waals surface area contributed by atoms with Gasteiger partial charge in [0.25, 0.3) is 0 Å². The fourth-order valence-corrected chi connectivity index (χ4v) is 1.97. The number of nitrogens with zero attached hydrogens (tertiary/aromatic N) is 3. The second-order valence-electron chi connectivity index (χ2n) is 4.56. The first-order valence-electron chi connectivity index (χ1n) is 6.58. The van der Waals surface area contributed by atoms with Gasteiger partial charge in [-0.25, -0.2) is 4.68 Å². The van der Waals surface area contributed by atoms with Crippen LogP contribution < -0.4 is 10.5 Å². The van der Waals surface area contributed by atoms with Crippen molar-refractivity contribution in [3.05, 3.63) is 35.5 Å². The highest BCUT2D eigenvalue weighted by atomic mass is 16.5. The number of benzene rings is 1. The highest BCUT2D eigenvalue weighted by Crippen LogP contribution is 2.13. The van der Waals surface area contributed by atoms with Crippen LogP contribution in [0.15, 0.2) is 24.3 Å². The Morgan fingerprint density at radius 3 is 2.95 bits per heavy atom. The lowest BCUT2D eigenvalue weighted by atomic mass is 10.2. The van der Waals surface area contributed by atoms with Gasteiger partial charge >= 0.3 is 0 Å². The second kappa shape index (κ2) is 6.22. The molecule has 1 aromatic carbocycles. The van der Waals surface area contributed by atoms with Gasteiger partial charge in [-0.1, -0.05) is 30.7 Å². The molecule has 0 aliphatic heterocycles. The van der Waals surface area contributed by atoms with Gasteiger partial charge in [0.05, 0.1) is 12.2 Å². The topological polar surface area (TPSA) is 66.0 Å². The standard InChI is InChI=1S/C14H20N4O/c1-3-5-13-14(15)16-17-18(13)8-9-19-12-7-4-6-11(2)10-12/h4,6-7,10H,3,5,8-9,15H2,1-2H3. The van der Waals surface area contributed by atoms with Gasteiger partial charge in [0.1, 0.15) is 12.4 Å². The van der Waals surface area contributed by atoms with Crippen molar-refractivity contribution in [2.75, 3.05) is 12.3 Å².